The van der Waals surface area contributed by atoms with Crippen molar-refractivity contribution >= 4 is 5.91 Å². The Balaban J connectivity index is 2.44. The molecule has 5 nitrogen and oxygen atoms in total. The number of hydrogen-bond donors (Lipinski definition) is 1. The normalized spacial score (nSPS) is 15.7. The van der Waals surface area contributed by atoms with Gasteiger partial charge in [-0.25, -0.2) is 4.98 Å². The molecule has 0 aliphatic carbocycles. The molecule has 64 valence electrons. The van der Waals surface area contributed by atoms with Crippen LogP contribution in [0.3, 0.4) is 0 Å². The lowest BCUT2D eigenvalue weighted by Crippen LogP contribution is -2.20. The molecule has 0 saturated heterocycles. The van der Waals surface area contributed by atoms with Crippen molar-refractivity contribution in [3.63, 3.8) is 0 Å². The number of hydrogen-bond acceptors (Lipinski definition) is 3. The first kappa shape index (κ1) is 7.30. The van der Waals surface area contributed by atoms with Gasteiger partial charge in [-0.15, -0.1) is 0 Å². The maximum atomic E-state index is 10.8. The minimum absolute atomic E-state index is 0.328. The highest BCUT2D eigenvalue weighted by Gasteiger charge is 2.17. The van der Waals surface area contributed by atoms with Crippen LogP contribution in [-0.2, 0) is 17.9 Å². The summed E-state index contributed by atoms with van der Waals surface area (Å²) >= 11 is 0. The average Bonchev–Trinajstić information content (AvgIpc) is 2.47. The SMILES string of the molecule is NC(=O)c1ncn2c1COCC2. The molecular formula is C7H9N3O2. The molecule has 0 atom stereocenters. The number of carbonyl (C=O) groups is 1. The van der Waals surface area contributed by atoms with Crippen LogP contribution in [0.5, 0.6) is 0 Å². The Bertz CT molecular complexity index is 318. The standard InChI is InChI=1S/C7H9N3O2/c8-7(11)6-5-3-12-2-1-10(5)4-9-6/h4H,1-3H2,(H2,8,11). The molecule has 0 fully saturated rings. The van der Waals surface area contributed by atoms with Crippen LogP contribution in [0.2, 0.25) is 0 Å². The number of primary amides is 1. The van der Waals surface area contributed by atoms with Crippen LogP contribution in [0, 0.1) is 0 Å². The second kappa shape index (κ2) is 2.60. The fourth-order valence-corrected chi connectivity index (χ4v) is 1.29. The molecule has 1 aliphatic heterocycles. The van der Waals surface area contributed by atoms with Gasteiger partial charge in [0.1, 0.15) is 0 Å². The second-order valence-corrected chi connectivity index (χ2v) is 2.65. The molecule has 1 aliphatic rings. The number of rotatable bonds is 1. The van der Waals surface area contributed by atoms with Gasteiger partial charge in [0.2, 0.25) is 0 Å². The Kier molecular flexibility index (Phi) is 1.58. The van der Waals surface area contributed by atoms with Crippen molar-refractivity contribution in [2.75, 3.05) is 6.61 Å². The number of imidazole rings is 1. The van der Waals surface area contributed by atoms with E-state index in [0.717, 1.165) is 12.2 Å². The third kappa shape index (κ3) is 0.984. The molecule has 0 radical (unpaired) electrons. The third-order valence-corrected chi connectivity index (χ3v) is 1.89. The van der Waals surface area contributed by atoms with Crippen LogP contribution in [0.25, 0.3) is 0 Å². The summed E-state index contributed by atoms with van der Waals surface area (Å²) in [6.45, 7) is 1.84. The summed E-state index contributed by atoms with van der Waals surface area (Å²) in [7, 11) is 0. The Labute approximate surface area is 69.1 Å². The number of carbonyl (C=O) groups excluding carboxylic acids is 1. The fraction of sp³-hybridized carbons (Fsp3) is 0.429. The Morgan fingerprint density at radius 2 is 2.58 bits per heavy atom. The molecule has 2 rings (SSSR count). The number of ether oxygens (including phenoxy) is 1. The molecule has 1 amide bonds. The van der Waals surface area contributed by atoms with Crippen LogP contribution in [0.15, 0.2) is 6.33 Å². The van der Waals surface area contributed by atoms with E-state index < -0.39 is 5.91 Å². The van der Waals surface area contributed by atoms with E-state index in [2.05, 4.69) is 4.98 Å². The molecule has 0 bridgehead atoms. The molecule has 0 unspecified atom stereocenters. The van der Waals surface area contributed by atoms with Gasteiger partial charge in [-0.2, -0.15) is 0 Å². The molecular weight excluding hydrogens is 158 g/mol. The zero-order valence-corrected chi connectivity index (χ0v) is 6.49. The van der Waals surface area contributed by atoms with E-state index in [9.17, 15) is 4.79 Å². The van der Waals surface area contributed by atoms with E-state index in [-0.39, 0.29) is 0 Å². The van der Waals surface area contributed by atoms with Crippen LogP contribution in [0.4, 0.5) is 0 Å². The fourth-order valence-electron chi connectivity index (χ4n) is 1.29. The Hall–Kier alpha value is -1.36. The lowest BCUT2D eigenvalue weighted by molar-refractivity contribution is 0.0822. The minimum Gasteiger partial charge on any atom is -0.373 e. The summed E-state index contributed by atoms with van der Waals surface area (Å²) in [6, 6.07) is 0. The monoisotopic (exact) mass is 167 g/mol. The molecule has 0 saturated carbocycles. The van der Waals surface area contributed by atoms with Gasteiger partial charge < -0.3 is 15.0 Å². The summed E-state index contributed by atoms with van der Waals surface area (Å²) < 4.78 is 7.07. The molecule has 2 heterocycles. The molecule has 0 spiro atoms. The van der Waals surface area contributed by atoms with Gasteiger partial charge in [-0.1, -0.05) is 0 Å². The van der Waals surface area contributed by atoms with Crippen molar-refractivity contribution in [1.82, 2.24) is 9.55 Å². The van der Waals surface area contributed by atoms with Crippen molar-refractivity contribution in [3.05, 3.63) is 17.7 Å². The van der Waals surface area contributed by atoms with E-state index in [1.165, 1.54) is 0 Å². The number of nitrogens with zero attached hydrogens (tertiary/aromatic N) is 2. The van der Waals surface area contributed by atoms with Gasteiger partial charge in [-0.05, 0) is 0 Å². The minimum atomic E-state index is -0.491. The van der Waals surface area contributed by atoms with E-state index >= 15 is 0 Å². The summed E-state index contributed by atoms with van der Waals surface area (Å²) in [6.07, 6.45) is 1.62. The van der Waals surface area contributed by atoms with Crippen molar-refractivity contribution in [1.29, 1.82) is 0 Å². The van der Waals surface area contributed by atoms with Crippen LogP contribution in [0.1, 0.15) is 16.2 Å². The first-order chi connectivity index (χ1) is 5.79. The van der Waals surface area contributed by atoms with Gasteiger partial charge >= 0.3 is 0 Å². The number of aromatic nitrogens is 2. The maximum Gasteiger partial charge on any atom is 0.269 e. The van der Waals surface area contributed by atoms with E-state index in [0.29, 0.717) is 18.9 Å². The van der Waals surface area contributed by atoms with Crippen molar-refractivity contribution < 1.29 is 9.53 Å². The van der Waals surface area contributed by atoms with E-state index in [1.54, 1.807) is 6.33 Å². The van der Waals surface area contributed by atoms with Crippen molar-refractivity contribution in [2.24, 2.45) is 5.73 Å². The molecule has 1 aromatic heterocycles. The highest BCUT2D eigenvalue weighted by Crippen LogP contribution is 2.12. The van der Waals surface area contributed by atoms with Crippen LogP contribution in [-0.4, -0.2) is 22.1 Å². The summed E-state index contributed by atoms with van der Waals surface area (Å²) in [5, 5.41) is 0. The highest BCUT2D eigenvalue weighted by atomic mass is 16.5. The molecule has 5 heteroatoms. The topological polar surface area (TPSA) is 70.1 Å². The van der Waals surface area contributed by atoms with Crippen LogP contribution < -0.4 is 5.73 Å². The summed E-state index contributed by atoms with van der Waals surface area (Å²) in [4.78, 5) is 14.7. The zero-order chi connectivity index (χ0) is 8.55. The number of nitrogens with two attached hydrogens (primary N) is 1. The predicted octanol–water partition coefficient (Wildman–Crippen LogP) is -0.488. The van der Waals surface area contributed by atoms with Crippen LogP contribution >= 0.6 is 0 Å². The predicted molar refractivity (Wildman–Crippen MR) is 40.4 cm³/mol. The molecule has 12 heavy (non-hydrogen) atoms. The van der Waals surface area contributed by atoms with E-state index in [1.807, 2.05) is 4.57 Å². The summed E-state index contributed by atoms with van der Waals surface area (Å²) in [5.41, 5.74) is 6.23. The van der Waals surface area contributed by atoms with Gasteiger partial charge in [0.05, 0.1) is 25.2 Å². The van der Waals surface area contributed by atoms with Gasteiger partial charge in [0.15, 0.2) is 5.69 Å². The lowest BCUT2D eigenvalue weighted by Gasteiger charge is -2.14. The van der Waals surface area contributed by atoms with Gasteiger partial charge in [0, 0.05) is 6.54 Å². The molecule has 2 N–H and O–H groups in total. The largest absolute Gasteiger partial charge is 0.373 e. The lowest BCUT2D eigenvalue weighted by atomic mass is 10.3. The first-order valence-corrected chi connectivity index (χ1v) is 3.70. The summed E-state index contributed by atoms with van der Waals surface area (Å²) in [5.74, 6) is -0.491. The molecule has 1 aromatic rings. The maximum absolute atomic E-state index is 10.8. The highest BCUT2D eigenvalue weighted by molar-refractivity contribution is 5.91. The Morgan fingerprint density at radius 3 is 3.33 bits per heavy atom. The average molecular weight is 167 g/mol. The van der Waals surface area contributed by atoms with Gasteiger partial charge in [0.25, 0.3) is 5.91 Å². The zero-order valence-electron chi connectivity index (χ0n) is 6.49. The number of fused-ring (bicyclic) bond motifs is 1. The smallest absolute Gasteiger partial charge is 0.269 e. The second-order valence-electron chi connectivity index (χ2n) is 2.65. The quantitative estimate of drug-likeness (QED) is 0.613. The first-order valence-electron chi connectivity index (χ1n) is 3.70. The van der Waals surface area contributed by atoms with Crippen molar-refractivity contribution in [2.45, 2.75) is 13.2 Å². The number of amides is 1. The molecule has 0 aromatic carbocycles. The third-order valence-electron chi connectivity index (χ3n) is 1.89. The Morgan fingerprint density at radius 1 is 1.75 bits per heavy atom. The van der Waals surface area contributed by atoms with Gasteiger partial charge in [-0.3, -0.25) is 4.79 Å². The van der Waals surface area contributed by atoms with Crippen molar-refractivity contribution in [3.8, 4) is 0 Å². The van der Waals surface area contributed by atoms with E-state index in [4.69, 9.17) is 10.5 Å².